The van der Waals surface area contributed by atoms with E-state index in [0.29, 0.717) is 35.3 Å². The molecule has 3 aromatic heterocycles. The molecule has 0 bridgehead atoms. The molecule has 11 heteroatoms. The molecule has 8 nitrogen and oxygen atoms in total. The number of hydrogen-bond acceptors (Lipinski definition) is 6. The van der Waals surface area contributed by atoms with Crippen molar-refractivity contribution >= 4 is 51.8 Å². The summed E-state index contributed by atoms with van der Waals surface area (Å²) in [6.07, 6.45) is 0.512. The molecule has 0 unspecified atom stereocenters. The largest absolute Gasteiger partial charge is 0.464 e. The Kier molecular flexibility index (Phi) is 8.58. The number of nitrogens with zero attached hydrogens (tertiary/aromatic N) is 5. The zero-order valence-electron chi connectivity index (χ0n) is 21.6. The van der Waals surface area contributed by atoms with Gasteiger partial charge in [-0.2, -0.15) is 10.2 Å². The Hall–Kier alpha value is -2.46. The number of alkyl halides is 1. The Morgan fingerprint density at radius 2 is 1.89 bits per heavy atom. The van der Waals surface area contributed by atoms with Crippen LogP contribution in [0.4, 0.5) is 0 Å². The molecule has 3 heterocycles. The Morgan fingerprint density at radius 1 is 1.14 bits per heavy atom. The SMILES string of the molecule is COC(=O)c1c(C)c2c(-c3c(CSCc4cc(CCl)n(C)n4)nn(C)c3C)c(Cl)ccc2n1CCCO. The van der Waals surface area contributed by atoms with E-state index in [0.717, 1.165) is 56.1 Å². The van der Waals surface area contributed by atoms with Crippen molar-refractivity contribution in [2.24, 2.45) is 14.1 Å². The number of carbonyl (C=O) groups is 1. The van der Waals surface area contributed by atoms with Crippen LogP contribution in [0, 0.1) is 13.8 Å². The highest BCUT2D eigenvalue weighted by Crippen LogP contribution is 2.43. The number of aliphatic hydroxyl groups is 1. The maximum Gasteiger partial charge on any atom is 0.354 e. The first-order valence-corrected chi connectivity index (χ1v) is 14.0. The molecule has 0 spiro atoms. The number of carbonyl (C=O) groups excluding carboxylic acids is 1. The van der Waals surface area contributed by atoms with Crippen LogP contribution < -0.4 is 0 Å². The zero-order valence-corrected chi connectivity index (χ0v) is 24.0. The van der Waals surface area contributed by atoms with Gasteiger partial charge in [-0.3, -0.25) is 9.36 Å². The molecule has 0 radical (unpaired) electrons. The molecule has 0 saturated heterocycles. The topological polar surface area (TPSA) is 87.1 Å². The summed E-state index contributed by atoms with van der Waals surface area (Å²) in [5.41, 5.74) is 7.79. The highest BCUT2D eigenvalue weighted by atomic mass is 35.5. The second-order valence-corrected chi connectivity index (χ2v) is 10.6. The third kappa shape index (κ3) is 5.14. The van der Waals surface area contributed by atoms with Crippen molar-refractivity contribution in [3.8, 4) is 11.1 Å². The Balaban J connectivity index is 1.81. The number of aliphatic hydroxyl groups excluding tert-OH is 1. The maximum absolute atomic E-state index is 12.8. The summed E-state index contributed by atoms with van der Waals surface area (Å²) in [6.45, 7) is 4.44. The van der Waals surface area contributed by atoms with Gasteiger partial charge >= 0.3 is 5.97 Å². The molecule has 0 fully saturated rings. The van der Waals surface area contributed by atoms with E-state index in [4.69, 9.17) is 33.0 Å². The van der Waals surface area contributed by atoms with Gasteiger partial charge < -0.3 is 14.4 Å². The minimum absolute atomic E-state index is 0.0194. The van der Waals surface area contributed by atoms with Gasteiger partial charge in [-0.1, -0.05) is 11.6 Å². The van der Waals surface area contributed by atoms with Crippen molar-refractivity contribution in [3.05, 3.63) is 57.3 Å². The summed E-state index contributed by atoms with van der Waals surface area (Å²) in [7, 11) is 5.19. The van der Waals surface area contributed by atoms with Crippen LogP contribution >= 0.6 is 35.0 Å². The molecule has 0 saturated carbocycles. The Labute approximate surface area is 230 Å². The summed E-state index contributed by atoms with van der Waals surface area (Å²) < 4.78 is 10.7. The summed E-state index contributed by atoms with van der Waals surface area (Å²) in [5.74, 6) is 1.38. The normalized spacial score (nSPS) is 11.6. The predicted octanol–water partition coefficient (Wildman–Crippen LogP) is 5.39. The van der Waals surface area contributed by atoms with Crippen molar-refractivity contribution in [2.75, 3.05) is 13.7 Å². The van der Waals surface area contributed by atoms with Crippen LogP contribution in [0.2, 0.25) is 5.02 Å². The smallest absolute Gasteiger partial charge is 0.354 e. The molecule has 1 N–H and O–H groups in total. The van der Waals surface area contributed by atoms with Gasteiger partial charge in [0.15, 0.2) is 0 Å². The fourth-order valence-electron chi connectivity index (χ4n) is 4.80. The van der Waals surface area contributed by atoms with E-state index in [2.05, 4.69) is 5.10 Å². The van der Waals surface area contributed by atoms with E-state index in [1.165, 1.54) is 7.11 Å². The lowest BCUT2D eigenvalue weighted by atomic mass is 9.97. The minimum Gasteiger partial charge on any atom is -0.464 e. The van der Waals surface area contributed by atoms with Crippen LogP contribution in [0.25, 0.3) is 22.0 Å². The summed E-state index contributed by atoms with van der Waals surface area (Å²) in [5, 5.41) is 20.3. The second-order valence-electron chi connectivity index (χ2n) is 8.92. The Morgan fingerprint density at radius 3 is 2.54 bits per heavy atom. The standard InChI is InChI=1S/C26H31Cl2N5O3S/c1-15-22-21(33(9-6-10-34)25(15)26(35)36-5)8-7-19(28)24(22)23-16(2)31(3)30-20(23)14-37-13-17-11-18(12-27)32(4)29-17/h7-8,11,34H,6,9-10,12-14H2,1-5H3. The van der Waals surface area contributed by atoms with Gasteiger partial charge in [-0.15, -0.1) is 23.4 Å². The number of hydrogen-bond donors (Lipinski definition) is 1. The Bertz CT molecular complexity index is 1460. The second kappa shape index (κ2) is 11.5. The van der Waals surface area contributed by atoms with Gasteiger partial charge in [0.25, 0.3) is 0 Å². The molecule has 0 atom stereocenters. The van der Waals surface area contributed by atoms with Crippen LogP contribution in [0.5, 0.6) is 0 Å². The number of esters is 1. The van der Waals surface area contributed by atoms with Gasteiger partial charge in [0.1, 0.15) is 5.69 Å². The summed E-state index contributed by atoms with van der Waals surface area (Å²) in [4.78, 5) is 12.8. The van der Waals surface area contributed by atoms with Gasteiger partial charge in [0, 0.05) is 71.5 Å². The van der Waals surface area contributed by atoms with E-state index < -0.39 is 5.97 Å². The lowest BCUT2D eigenvalue weighted by Gasteiger charge is -2.11. The molecule has 4 aromatic rings. The molecule has 4 rings (SSSR count). The average Bonchev–Trinajstić information content (AvgIpc) is 3.48. The van der Waals surface area contributed by atoms with Crippen LogP contribution in [-0.2, 0) is 42.8 Å². The van der Waals surface area contributed by atoms with E-state index in [9.17, 15) is 9.90 Å². The number of methoxy groups -OCH3 is 1. The van der Waals surface area contributed by atoms with Gasteiger partial charge in [0.05, 0.1) is 30.1 Å². The van der Waals surface area contributed by atoms with Crippen LogP contribution in [0.15, 0.2) is 18.2 Å². The number of aryl methyl sites for hydroxylation is 4. The van der Waals surface area contributed by atoms with Gasteiger partial charge in [-0.25, -0.2) is 4.79 Å². The monoisotopic (exact) mass is 563 g/mol. The number of benzene rings is 1. The quantitative estimate of drug-likeness (QED) is 0.206. The molecular formula is C26H31Cl2N5O3S. The van der Waals surface area contributed by atoms with Crippen LogP contribution in [0.3, 0.4) is 0 Å². The highest BCUT2D eigenvalue weighted by molar-refractivity contribution is 7.97. The molecule has 0 aliphatic carbocycles. The molecule has 198 valence electrons. The molecule has 0 aliphatic rings. The maximum atomic E-state index is 12.8. The van der Waals surface area contributed by atoms with E-state index in [1.54, 1.807) is 11.8 Å². The number of thioether (sulfide) groups is 1. The van der Waals surface area contributed by atoms with Crippen molar-refractivity contribution in [1.82, 2.24) is 24.1 Å². The number of ether oxygens (including phenoxy) is 1. The first-order valence-electron chi connectivity index (χ1n) is 11.9. The van der Waals surface area contributed by atoms with Gasteiger partial charge in [-0.05, 0) is 44.0 Å². The first kappa shape index (κ1) is 27.6. The third-order valence-electron chi connectivity index (χ3n) is 6.65. The van der Waals surface area contributed by atoms with Crippen molar-refractivity contribution in [2.45, 2.75) is 44.2 Å². The number of fused-ring (bicyclic) bond motifs is 1. The molecule has 0 amide bonds. The molecule has 0 aliphatic heterocycles. The number of rotatable bonds is 10. The lowest BCUT2D eigenvalue weighted by molar-refractivity contribution is 0.0587. The lowest BCUT2D eigenvalue weighted by Crippen LogP contribution is -2.12. The summed E-state index contributed by atoms with van der Waals surface area (Å²) >= 11 is 14.6. The fourth-order valence-corrected chi connectivity index (χ4v) is 6.15. The highest BCUT2D eigenvalue weighted by Gasteiger charge is 2.27. The number of halogens is 2. The zero-order chi connectivity index (χ0) is 26.9. The van der Waals surface area contributed by atoms with Crippen molar-refractivity contribution < 1.29 is 14.6 Å². The molecular weight excluding hydrogens is 533 g/mol. The third-order valence-corrected chi connectivity index (χ3v) is 8.22. The number of aromatic nitrogens is 5. The van der Waals surface area contributed by atoms with E-state index in [1.807, 2.05) is 60.1 Å². The average molecular weight is 565 g/mol. The van der Waals surface area contributed by atoms with Gasteiger partial charge in [0.2, 0.25) is 0 Å². The van der Waals surface area contributed by atoms with E-state index >= 15 is 0 Å². The fraction of sp³-hybridized carbons (Fsp3) is 0.423. The predicted molar refractivity (Wildman–Crippen MR) is 149 cm³/mol. The molecule has 37 heavy (non-hydrogen) atoms. The summed E-state index contributed by atoms with van der Waals surface area (Å²) in [6, 6.07) is 5.81. The first-order chi connectivity index (χ1) is 17.7. The molecule has 1 aromatic carbocycles. The van der Waals surface area contributed by atoms with Crippen molar-refractivity contribution in [1.29, 1.82) is 0 Å². The minimum atomic E-state index is -0.418. The van der Waals surface area contributed by atoms with Crippen LogP contribution in [0.1, 0.15) is 45.2 Å². The van der Waals surface area contributed by atoms with Crippen molar-refractivity contribution in [3.63, 3.8) is 0 Å². The van der Waals surface area contributed by atoms with Crippen LogP contribution in [-0.4, -0.2) is 48.9 Å². The van der Waals surface area contributed by atoms with E-state index in [-0.39, 0.29) is 6.61 Å².